The first-order valence-electron chi connectivity index (χ1n) is 7.46. The summed E-state index contributed by atoms with van der Waals surface area (Å²) in [5, 5.41) is 2.16. The summed E-state index contributed by atoms with van der Waals surface area (Å²) in [6.45, 7) is 1.64. The Morgan fingerprint density at radius 1 is 1.12 bits per heavy atom. The van der Waals surface area contributed by atoms with Crippen molar-refractivity contribution in [3.8, 4) is 0 Å². The second kappa shape index (κ2) is 8.62. The lowest BCUT2D eigenvalue weighted by molar-refractivity contribution is -0.113. The molecule has 2 aromatic carbocycles. The summed E-state index contributed by atoms with van der Waals surface area (Å²) in [6.07, 6.45) is 0. The van der Waals surface area contributed by atoms with Gasteiger partial charge in [-0.05, 0) is 43.3 Å². The summed E-state index contributed by atoms with van der Waals surface area (Å²) in [5.41, 5.74) is 0.851. The van der Waals surface area contributed by atoms with Crippen molar-refractivity contribution < 1.29 is 23.1 Å². The van der Waals surface area contributed by atoms with Gasteiger partial charge >= 0.3 is 5.97 Å². The van der Waals surface area contributed by atoms with Crippen LogP contribution < -0.4 is 5.32 Å². The third kappa shape index (κ3) is 5.03. The molecule has 0 bridgehead atoms. The van der Waals surface area contributed by atoms with E-state index in [1.165, 1.54) is 37.4 Å². The maximum Gasteiger partial charge on any atom is 0.337 e. The standard InChI is InChI=1S/C18H17F2NO3S/c1-11(17-14(19)4-3-5-15(17)20)25-10-16(22)21-13-8-6-12(7-9-13)18(23)24-2/h3-9,11H,10H2,1-2H3,(H,21,22). The Balaban J connectivity index is 1.91. The van der Waals surface area contributed by atoms with E-state index in [9.17, 15) is 18.4 Å². The molecular formula is C18H17F2NO3S. The van der Waals surface area contributed by atoms with Crippen molar-refractivity contribution in [1.82, 2.24) is 0 Å². The van der Waals surface area contributed by atoms with Crippen LogP contribution in [-0.4, -0.2) is 24.7 Å². The van der Waals surface area contributed by atoms with Crippen molar-refractivity contribution in [1.29, 1.82) is 0 Å². The molecule has 0 radical (unpaired) electrons. The van der Waals surface area contributed by atoms with E-state index in [1.807, 2.05) is 0 Å². The fraction of sp³-hybridized carbons (Fsp3) is 0.222. The van der Waals surface area contributed by atoms with Gasteiger partial charge < -0.3 is 10.1 Å². The minimum absolute atomic E-state index is 0.0354. The van der Waals surface area contributed by atoms with Crippen LogP contribution in [0, 0.1) is 11.6 Å². The molecule has 25 heavy (non-hydrogen) atoms. The van der Waals surface area contributed by atoms with Gasteiger partial charge in [-0.15, -0.1) is 11.8 Å². The summed E-state index contributed by atoms with van der Waals surface area (Å²) in [5.74, 6) is -1.99. The molecule has 1 N–H and O–H groups in total. The van der Waals surface area contributed by atoms with Crippen LogP contribution in [0.15, 0.2) is 42.5 Å². The first-order valence-corrected chi connectivity index (χ1v) is 8.51. The SMILES string of the molecule is COC(=O)c1ccc(NC(=O)CSC(C)c2c(F)cccc2F)cc1. The molecule has 0 aliphatic heterocycles. The molecule has 1 atom stereocenters. The number of carbonyl (C=O) groups excluding carboxylic acids is 2. The van der Waals surface area contributed by atoms with E-state index in [2.05, 4.69) is 10.1 Å². The number of anilines is 1. The lowest BCUT2D eigenvalue weighted by Crippen LogP contribution is -2.15. The van der Waals surface area contributed by atoms with Crippen molar-refractivity contribution >= 4 is 29.3 Å². The molecule has 4 nitrogen and oxygen atoms in total. The van der Waals surface area contributed by atoms with Crippen LogP contribution in [0.1, 0.15) is 28.1 Å². The van der Waals surface area contributed by atoms with E-state index in [-0.39, 0.29) is 17.2 Å². The quantitative estimate of drug-likeness (QED) is 0.780. The highest BCUT2D eigenvalue weighted by atomic mass is 32.2. The highest BCUT2D eigenvalue weighted by Gasteiger charge is 2.17. The topological polar surface area (TPSA) is 55.4 Å². The minimum Gasteiger partial charge on any atom is -0.465 e. The summed E-state index contributed by atoms with van der Waals surface area (Å²) in [7, 11) is 1.29. The zero-order valence-corrected chi connectivity index (χ0v) is 14.5. The van der Waals surface area contributed by atoms with Crippen LogP contribution in [0.25, 0.3) is 0 Å². The number of carbonyl (C=O) groups is 2. The number of halogens is 2. The third-order valence-electron chi connectivity index (χ3n) is 3.46. The average Bonchev–Trinajstić information content (AvgIpc) is 2.60. The lowest BCUT2D eigenvalue weighted by atomic mass is 10.1. The van der Waals surface area contributed by atoms with Crippen molar-refractivity contribution in [3.05, 3.63) is 65.2 Å². The molecule has 132 valence electrons. The van der Waals surface area contributed by atoms with E-state index < -0.39 is 22.9 Å². The summed E-state index contributed by atoms with van der Waals surface area (Å²) in [6, 6.07) is 9.91. The highest BCUT2D eigenvalue weighted by molar-refractivity contribution is 8.00. The van der Waals surface area contributed by atoms with E-state index in [0.29, 0.717) is 11.3 Å². The van der Waals surface area contributed by atoms with Gasteiger partial charge in [-0.2, -0.15) is 0 Å². The molecule has 0 aromatic heterocycles. The summed E-state index contributed by atoms with van der Waals surface area (Å²) >= 11 is 1.13. The monoisotopic (exact) mass is 365 g/mol. The number of benzene rings is 2. The fourth-order valence-electron chi connectivity index (χ4n) is 2.19. The normalized spacial score (nSPS) is 11.7. The van der Waals surface area contributed by atoms with E-state index in [4.69, 9.17) is 0 Å². The molecule has 0 aliphatic carbocycles. The predicted octanol–water partition coefficient (Wildman–Crippen LogP) is 4.18. The Hall–Kier alpha value is -2.41. The molecule has 0 fully saturated rings. The predicted molar refractivity (Wildman–Crippen MR) is 93.6 cm³/mol. The Morgan fingerprint density at radius 2 is 1.72 bits per heavy atom. The van der Waals surface area contributed by atoms with Gasteiger partial charge in [0.15, 0.2) is 0 Å². The molecule has 2 aromatic rings. The Morgan fingerprint density at radius 3 is 2.28 bits per heavy atom. The second-order valence-corrected chi connectivity index (χ2v) is 6.53. The first-order chi connectivity index (χ1) is 11.9. The van der Waals surface area contributed by atoms with Crippen LogP contribution in [0.5, 0.6) is 0 Å². The summed E-state index contributed by atoms with van der Waals surface area (Å²) in [4.78, 5) is 23.3. The number of ether oxygens (including phenoxy) is 1. The molecular weight excluding hydrogens is 348 g/mol. The Labute approximate surface area is 148 Å². The van der Waals surface area contributed by atoms with Crippen LogP contribution in [0.2, 0.25) is 0 Å². The van der Waals surface area contributed by atoms with E-state index in [1.54, 1.807) is 19.1 Å². The average molecular weight is 365 g/mol. The minimum atomic E-state index is -0.626. The molecule has 0 saturated carbocycles. The van der Waals surface area contributed by atoms with Crippen molar-refractivity contribution in [2.75, 3.05) is 18.2 Å². The van der Waals surface area contributed by atoms with Gasteiger partial charge in [0, 0.05) is 16.5 Å². The molecule has 7 heteroatoms. The molecule has 1 unspecified atom stereocenters. The van der Waals surface area contributed by atoms with Crippen molar-refractivity contribution in [2.24, 2.45) is 0 Å². The molecule has 2 rings (SSSR count). The zero-order chi connectivity index (χ0) is 18.4. The van der Waals surface area contributed by atoms with Gasteiger partial charge in [0.25, 0.3) is 0 Å². The number of methoxy groups -OCH3 is 1. The zero-order valence-electron chi connectivity index (χ0n) is 13.7. The molecule has 0 heterocycles. The maximum atomic E-state index is 13.7. The van der Waals surface area contributed by atoms with Crippen LogP contribution in [0.4, 0.5) is 14.5 Å². The molecule has 1 amide bonds. The molecule has 0 saturated heterocycles. The van der Waals surface area contributed by atoms with Gasteiger partial charge in [0.05, 0.1) is 18.4 Å². The van der Waals surface area contributed by atoms with Crippen LogP contribution in [0.3, 0.4) is 0 Å². The summed E-state index contributed by atoms with van der Waals surface area (Å²) < 4.78 is 32.0. The number of rotatable bonds is 6. The largest absolute Gasteiger partial charge is 0.465 e. The number of amides is 1. The fourth-order valence-corrected chi connectivity index (χ4v) is 3.05. The first kappa shape index (κ1) is 18.9. The Bertz CT molecular complexity index is 745. The van der Waals surface area contributed by atoms with Gasteiger partial charge in [0.2, 0.25) is 5.91 Å². The number of nitrogens with one attached hydrogen (secondary N) is 1. The second-order valence-electron chi connectivity index (χ2n) is 5.21. The van der Waals surface area contributed by atoms with Gasteiger partial charge in [-0.1, -0.05) is 6.07 Å². The smallest absolute Gasteiger partial charge is 0.337 e. The third-order valence-corrected chi connectivity index (χ3v) is 4.62. The van der Waals surface area contributed by atoms with Gasteiger partial charge in [0.1, 0.15) is 11.6 Å². The lowest BCUT2D eigenvalue weighted by Gasteiger charge is -2.13. The van der Waals surface area contributed by atoms with E-state index >= 15 is 0 Å². The van der Waals surface area contributed by atoms with Crippen molar-refractivity contribution in [3.63, 3.8) is 0 Å². The maximum absolute atomic E-state index is 13.7. The van der Waals surface area contributed by atoms with Crippen LogP contribution >= 0.6 is 11.8 Å². The number of thioether (sulfide) groups is 1. The van der Waals surface area contributed by atoms with Gasteiger partial charge in [-0.25, -0.2) is 13.6 Å². The number of esters is 1. The van der Waals surface area contributed by atoms with Gasteiger partial charge in [-0.3, -0.25) is 4.79 Å². The number of hydrogen-bond acceptors (Lipinski definition) is 4. The van der Waals surface area contributed by atoms with E-state index in [0.717, 1.165) is 11.8 Å². The number of hydrogen-bond donors (Lipinski definition) is 1. The van der Waals surface area contributed by atoms with Crippen molar-refractivity contribution in [2.45, 2.75) is 12.2 Å². The molecule has 0 spiro atoms. The highest BCUT2D eigenvalue weighted by Crippen LogP contribution is 2.31. The Kier molecular flexibility index (Phi) is 6.52. The molecule has 0 aliphatic rings. The van der Waals surface area contributed by atoms with Crippen LogP contribution in [-0.2, 0) is 9.53 Å².